The van der Waals surface area contributed by atoms with Crippen LogP contribution in [0.3, 0.4) is 0 Å². The Morgan fingerprint density at radius 2 is 2.22 bits per heavy atom. The predicted molar refractivity (Wildman–Crippen MR) is 74.6 cm³/mol. The highest BCUT2D eigenvalue weighted by molar-refractivity contribution is 5.42. The van der Waals surface area contributed by atoms with Crippen molar-refractivity contribution in [1.82, 2.24) is 4.98 Å². The van der Waals surface area contributed by atoms with Crippen molar-refractivity contribution in [3.63, 3.8) is 0 Å². The number of aromatic nitrogens is 1. The van der Waals surface area contributed by atoms with Gasteiger partial charge in [-0.25, -0.2) is 0 Å². The van der Waals surface area contributed by atoms with E-state index in [1.165, 1.54) is 25.7 Å². The van der Waals surface area contributed by atoms with Gasteiger partial charge in [-0.05, 0) is 37.3 Å². The maximum atomic E-state index is 5.77. The van der Waals surface area contributed by atoms with Gasteiger partial charge in [-0.2, -0.15) is 0 Å². The predicted octanol–water partition coefficient (Wildman–Crippen LogP) is 3.61. The van der Waals surface area contributed by atoms with Crippen LogP contribution in [0.5, 0.6) is 0 Å². The van der Waals surface area contributed by atoms with Gasteiger partial charge in [0, 0.05) is 25.0 Å². The lowest BCUT2D eigenvalue weighted by Gasteiger charge is -2.10. The fourth-order valence-electron chi connectivity index (χ4n) is 2.44. The molecule has 1 aromatic rings. The minimum Gasteiger partial charge on any atom is -0.385 e. The van der Waals surface area contributed by atoms with Crippen LogP contribution in [-0.2, 0) is 11.3 Å². The highest BCUT2D eigenvalue weighted by atomic mass is 16.5. The van der Waals surface area contributed by atoms with Crippen LogP contribution in [0.25, 0.3) is 0 Å². The van der Waals surface area contributed by atoms with Crippen LogP contribution in [0.2, 0.25) is 0 Å². The van der Waals surface area contributed by atoms with Gasteiger partial charge in [0.2, 0.25) is 0 Å². The third kappa shape index (κ3) is 4.30. The van der Waals surface area contributed by atoms with Crippen molar-refractivity contribution in [3.8, 4) is 0 Å². The summed E-state index contributed by atoms with van der Waals surface area (Å²) in [6.45, 7) is 4.71. The standard InChI is InChI=1S/C15H24N2O/c1-2-8-16-14-7-9-17-15(10-14)12-18-11-13-5-3-4-6-13/h7,9-10,13H,2-6,8,11-12H2,1H3,(H,16,17). The van der Waals surface area contributed by atoms with Crippen molar-refractivity contribution in [2.24, 2.45) is 5.92 Å². The molecule has 0 aliphatic heterocycles. The molecule has 0 amide bonds. The van der Waals surface area contributed by atoms with Gasteiger partial charge >= 0.3 is 0 Å². The molecule has 1 aliphatic rings. The molecule has 0 unspecified atom stereocenters. The minimum atomic E-state index is 0.637. The molecule has 2 rings (SSSR count). The fourth-order valence-corrected chi connectivity index (χ4v) is 2.44. The Kier molecular flexibility index (Phi) is 5.46. The minimum absolute atomic E-state index is 0.637. The third-order valence-electron chi connectivity index (χ3n) is 3.47. The molecule has 0 aromatic carbocycles. The van der Waals surface area contributed by atoms with Crippen molar-refractivity contribution in [2.75, 3.05) is 18.5 Å². The topological polar surface area (TPSA) is 34.2 Å². The van der Waals surface area contributed by atoms with E-state index >= 15 is 0 Å². The van der Waals surface area contributed by atoms with Crippen molar-refractivity contribution in [3.05, 3.63) is 24.0 Å². The van der Waals surface area contributed by atoms with E-state index in [1.807, 2.05) is 12.3 Å². The summed E-state index contributed by atoms with van der Waals surface area (Å²) in [5.41, 5.74) is 2.17. The SMILES string of the molecule is CCCNc1ccnc(COCC2CCCC2)c1. The summed E-state index contributed by atoms with van der Waals surface area (Å²) in [6.07, 6.45) is 8.42. The van der Waals surface area contributed by atoms with Crippen molar-refractivity contribution in [2.45, 2.75) is 45.6 Å². The van der Waals surface area contributed by atoms with Crippen LogP contribution in [0.4, 0.5) is 5.69 Å². The van der Waals surface area contributed by atoms with Crippen LogP contribution in [0, 0.1) is 5.92 Å². The first-order chi connectivity index (χ1) is 8.88. The lowest BCUT2D eigenvalue weighted by molar-refractivity contribution is 0.0867. The van der Waals surface area contributed by atoms with Crippen LogP contribution >= 0.6 is 0 Å². The quantitative estimate of drug-likeness (QED) is 0.800. The first kappa shape index (κ1) is 13.3. The zero-order valence-electron chi connectivity index (χ0n) is 11.3. The Bertz CT molecular complexity index is 348. The van der Waals surface area contributed by atoms with Crippen molar-refractivity contribution >= 4 is 5.69 Å². The van der Waals surface area contributed by atoms with E-state index in [9.17, 15) is 0 Å². The van der Waals surface area contributed by atoms with Gasteiger partial charge in [0.05, 0.1) is 12.3 Å². The fraction of sp³-hybridized carbons (Fsp3) is 0.667. The summed E-state index contributed by atoms with van der Waals surface area (Å²) in [4.78, 5) is 4.35. The molecule has 1 N–H and O–H groups in total. The molecule has 1 aromatic heterocycles. The normalized spacial score (nSPS) is 16.1. The van der Waals surface area contributed by atoms with E-state index < -0.39 is 0 Å². The second-order valence-corrected chi connectivity index (χ2v) is 5.13. The van der Waals surface area contributed by atoms with E-state index in [0.29, 0.717) is 6.61 Å². The van der Waals surface area contributed by atoms with E-state index in [4.69, 9.17) is 4.74 Å². The van der Waals surface area contributed by atoms with Crippen LogP contribution in [0.1, 0.15) is 44.7 Å². The zero-order valence-corrected chi connectivity index (χ0v) is 11.3. The van der Waals surface area contributed by atoms with E-state index in [-0.39, 0.29) is 0 Å². The average molecular weight is 248 g/mol. The molecular weight excluding hydrogens is 224 g/mol. The second kappa shape index (κ2) is 7.37. The van der Waals surface area contributed by atoms with Gasteiger partial charge in [0.1, 0.15) is 0 Å². The summed E-state index contributed by atoms with van der Waals surface area (Å²) in [7, 11) is 0. The van der Waals surface area contributed by atoms with Gasteiger partial charge in [0.25, 0.3) is 0 Å². The van der Waals surface area contributed by atoms with Gasteiger partial charge in [0.15, 0.2) is 0 Å². The maximum absolute atomic E-state index is 5.77. The maximum Gasteiger partial charge on any atom is 0.0888 e. The number of nitrogens with zero attached hydrogens (tertiary/aromatic N) is 1. The van der Waals surface area contributed by atoms with Crippen molar-refractivity contribution < 1.29 is 4.74 Å². The molecule has 1 heterocycles. The van der Waals surface area contributed by atoms with Crippen LogP contribution in [-0.4, -0.2) is 18.1 Å². The smallest absolute Gasteiger partial charge is 0.0888 e. The highest BCUT2D eigenvalue weighted by Crippen LogP contribution is 2.24. The Morgan fingerprint density at radius 1 is 1.39 bits per heavy atom. The number of nitrogens with one attached hydrogen (secondary N) is 1. The number of rotatable bonds is 7. The first-order valence-corrected chi connectivity index (χ1v) is 7.15. The molecule has 3 nitrogen and oxygen atoms in total. The monoisotopic (exact) mass is 248 g/mol. The highest BCUT2D eigenvalue weighted by Gasteiger charge is 2.14. The van der Waals surface area contributed by atoms with Gasteiger partial charge in [-0.1, -0.05) is 19.8 Å². The lowest BCUT2D eigenvalue weighted by atomic mass is 10.1. The van der Waals surface area contributed by atoms with E-state index in [1.54, 1.807) is 0 Å². The molecule has 100 valence electrons. The Morgan fingerprint density at radius 3 is 3.00 bits per heavy atom. The molecule has 0 spiro atoms. The Balaban J connectivity index is 1.74. The number of hydrogen-bond donors (Lipinski definition) is 1. The molecule has 1 fully saturated rings. The molecule has 0 atom stereocenters. The molecule has 0 radical (unpaired) electrons. The lowest BCUT2D eigenvalue weighted by Crippen LogP contribution is -2.06. The zero-order chi connectivity index (χ0) is 12.6. The summed E-state index contributed by atoms with van der Waals surface area (Å²) in [6, 6.07) is 4.10. The number of pyridine rings is 1. The number of ether oxygens (including phenoxy) is 1. The van der Waals surface area contributed by atoms with Crippen molar-refractivity contribution in [1.29, 1.82) is 0 Å². The van der Waals surface area contributed by atoms with Gasteiger partial charge < -0.3 is 10.1 Å². The van der Waals surface area contributed by atoms with E-state index in [2.05, 4.69) is 23.3 Å². The summed E-state index contributed by atoms with van der Waals surface area (Å²) >= 11 is 0. The third-order valence-corrected chi connectivity index (χ3v) is 3.47. The molecule has 1 aliphatic carbocycles. The Hall–Kier alpha value is -1.09. The van der Waals surface area contributed by atoms with Gasteiger partial charge in [-0.15, -0.1) is 0 Å². The summed E-state index contributed by atoms with van der Waals surface area (Å²) < 4.78 is 5.77. The van der Waals surface area contributed by atoms with Gasteiger partial charge in [-0.3, -0.25) is 4.98 Å². The molecule has 0 bridgehead atoms. The molecule has 0 saturated heterocycles. The Labute approximate surface area is 110 Å². The first-order valence-electron chi connectivity index (χ1n) is 7.15. The number of hydrogen-bond acceptors (Lipinski definition) is 3. The molecule has 1 saturated carbocycles. The summed E-state index contributed by atoms with van der Waals surface area (Å²) in [5.74, 6) is 0.784. The largest absolute Gasteiger partial charge is 0.385 e. The molecule has 3 heteroatoms. The second-order valence-electron chi connectivity index (χ2n) is 5.13. The molecule has 18 heavy (non-hydrogen) atoms. The van der Waals surface area contributed by atoms with Crippen LogP contribution < -0.4 is 5.32 Å². The average Bonchev–Trinajstić information content (AvgIpc) is 2.90. The number of anilines is 1. The molecular formula is C15H24N2O. The van der Waals surface area contributed by atoms with Crippen LogP contribution in [0.15, 0.2) is 18.3 Å². The summed E-state index contributed by atoms with van der Waals surface area (Å²) in [5, 5.41) is 3.37. The van der Waals surface area contributed by atoms with E-state index in [0.717, 1.165) is 36.9 Å².